The van der Waals surface area contributed by atoms with Gasteiger partial charge in [-0.3, -0.25) is 4.98 Å². The molecule has 0 aliphatic rings. The van der Waals surface area contributed by atoms with Crippen LogP contribution in [0.4, 0.5) is 5.69 Å². The molecule has 108 valence electrons. The summed E-state index contributed by atoms with van der Waals surface area (Å²) in [4.78, 5) is 8.10. The fourth-order valence-electron chi connectivity index (χ4n) is 2.63. The van der Waals surface area contributed by atoms with Crippen molar-refractivity contribution in [3.05, 3.63) is 83.3 Å². The number of aromatic nitrogens is 1. The molecule has 0 atom stereocenters. The molecule has 3 rings (SSSR count). The Bertz CT molecular complexity index is 945. The van der Waals surface area contributed by atoms with Gasteiger partial charge in [0.25, 0.3) is 0 Å². The minimum atomic E-state index is 0.444. The molecule has 3 aromatic rings. The summed E-state index contributed by atoms with van der Waals surface area (Å²) >= 11 is 0. The summed E-state index contributed by atoms with van der Waals surface area (Å²) in [6, 6.07) is 19.2. The van der Waals surface area contributed by atoms with Crippen molar-refractivity contribution in [3.63, 3.8) is 0 Å². The molecule has 2 aromatic carbocycles. The molecule has 0 spiro atoms. The topological polar surface area (TPSA) is 41.0 Å². The molecule has 0 N–H and O–H groups in total. The Morgan fingerprint density at radius 3 is 2.57 bits per heavy atom. The summed E-state index contributed by atoms with van der Waals surface area (Å²) in [6.45, 7) is 9.46. The van der Waals surface area contributed by atoms with Gasteiger partial charge in [0.1, 0.15) is 0 Å². The van der Waals surface area contributed by atoms with Crippen LogP contribution >= 0.6 is 0 Å². The summed E-state index contributed by atoms with van der Waals surface area (Å²) in [7, 11) is 0. The lowest BCUT2D eigenvalue weighted by molar-refractivity contribution is 1.29. The number of benzene rings is 2. The zero-order chi connectivity index (χ0) is 16.2. The monoisotopic (exact) mass is 295 g/mol. The normalized spacial score (nSPS) is 9.87. The first-order valence-electron chi connectivity index (χ1n) is 7.17. The van der Waals surface area contributed by atoms with Crippen LogP contribution in [-0.2, 0) is 0 Å². The molecule has 0 fully saturated rings. The van der Waals surface area contributed by atoms with Crippen molar-refractivity contribution < 1.29 is 0 Å². The predicted octanol–water partition coefficient (Wildman–Crippen LogP) is 5.15. The Balaban J connectivity index is 2.29. The molecule has 0 aliphatic carbocycles. The van der Waals surface area contributed by atoms with Crippen molar-refractivity contribution in [2.24, 2.45) is 0 Å². The van der Waals surface area contributed by atoms with Crippen LogP contribution in [0.15, 0.2) is 60.8 Å². The summed E-state index contributed by atoms with van der Waals surface area (Å²) in [5.74, 6) is 0. The van der Waals surface area contributed by atoms with Crippen molar-refractivity contribution in [2.45, 2.75) is 6.92 Å². The fraction of sp³-hybridized carbons (Fsp3) is 0.0500. The van der Waals surface area contributed by atoms with E-state index in [1.165, 1.54) is 0 Å². The minimum absolute atomic E-state index is 0.444. The highest BCUT2D eigenvalue weighted by Crippen LogP contribution is 2.38. The van der Waals surface area contributed by atoms with Gasteiger partial charge in [-0.1, -0.05) is 36.4 Å². The third-order valence-corrected chi connectivity index (χ3v) is 3.72. The van der Waals surface area contributed by atoms with Gasteiger partial charge in [0.2, 0.25) is 0 Å². The van der Waals surface area contributed by atoms with E-state index in [0.29, 0.717) is 11.3 Å². The van der Waals surface area contributed by atoms with Crippen LogP contribution in [0.1, 0.15) is 11.1 Å². The van der Waals surface area contributed by atoms with Gasteiger partial charge in [0, 0.05) is 22.9 Å². The average Bonchev–Trinajstić information content (AvgIpc) is 2.61. The molecule has 0 saturated heterocycles. The zero-order valence-electron chi connectivity index (χ0n) is 12.6. The van der Waals surface area contributed by atoms with E-state index in [-0.39, 0.29) is 0 Å². The van der Waals surface area contributed by atoms with Gasteiger partial charge >= 0.3 is 0 Å². The average molecular weight is 295 g/mol. The lowest BCUT2D eigenvalue weighted by Crippen LogP contribution is -1.93. The molecule has 0 saturated carbocycles. The molecule has 0 radical (unpaired) electrons. The maximum absolute atomic E-state index is 9.03. The highest BCUT2D eigenvalue weighted by Gasteiger charge is 2.15. The van der Waals surface area contributed by atoms with Crippen LogP contribution in [0.2, 0.25) is 0 Å². The first kappa shape index (κ1) is 14.5. The molecule has 23 heavy (non-hydrogen) atoms. The number of nitrogens with zero attached hydrogens (tertiary/aromatic N) is 3. The second kappa shape index (κ2) is 6.13. The van der Waals surface area contributed by atoms with E-state index in [9.17, 15) is 0 Å². The van der Waals surface area contributed by atoms with Crippen molar-refractivity contribution in [1.82, 2.24) is 4.98 Å². The van der Waals surface area contributed by atoms with Gasteiger partial charge in [0.05, 0.1) is 18.3 Å². The Morgan fingerprint density at radius 2 is 1.87 bits per heavy atom. The van der Waals surface area contributed by atoms with Gasteiger partial charge in [-0.2, -0.15) is 5.26 Å². The first-order valence-corrected chi connectivity index (χ1v) is 7.17. The number of hydrogen-bond acceptors (Lipinski definition) is 2. The quantitative estimate of drug-likeness (QED) is 0.614. The molecular formula is C20H13N3. The highest BCUT2D eigenvalue weighted by atomic mass is 14.7. The van der Waals surface area contributed by atoms with E-state index in [4.69, 9.17) is 11.8 Å². The van der Waals surface area contributed by atoms with E-state index < -0.39 is 0 Å². The van der Waals surface area contributed by atoms with Crippen LogP contribution in [0.3, 0.4) is 0 Å². The minimum Gasteiger partial charge on any atom is -0.257 e. The second-order valence-corrected chi connectivity index (χ2v) is 5.17. The summed E-state index contributed by atoms with van der Waals surface area (Å²) < 4.78 is 0. The standard InChI is InChI=1S/C20H13N3/c1-14-10-11-23-20(19(14)16-6-4-3-5-7-16)17-9-8-15(13-21)12-18(17)22-2/h3-12H,1H3. The fourth-order valence-corrected chi connectivity index (χ4v) is 2.63. The summed E-state index contributed by atoms with van der Waals surface area (Å²) in [5.41, 5.74) is 5.62. The highest BCUT2D eigenvalue weighted by molar-refractivity contribution is 5.89. The van der Waals surface area contributed by atoms with Crippen LogP contribution < -0.4 is 0 Å². The van der Waals surface area contributed by atoms with E-state index in [2.05, 4.69) is 15.9 Å². The van der Waals surface area contributed by atoms with Gasteiger partial charge in [-0.15, -0.1) is 0 Å². The molecule has 1 heterocycles. The number of rotatable bonds is 2. The Hall–Kier alpha value is -3.43. The van der Waals surface area contributed by atoms with Gasteiger partial charge in [-0.25, -0.2) is 4.85 Å². The number of nitriles is 1. The van der Waals surface area contributed by atoms with E-state index in [1.54, 1.807) is 24.4 Å². The van der Waals surface area contributed by atoms with Gasteiger partial charge < -0.3 is 0 Å². The van der Waals surface area contributed by atoms with Crippen LogP contribution in [-0.4, -0.2) is 4.98 Å². The van der Waals surface area contributed by atoms with Gasteiger partial charge in [0.15, 0.2) is 5.69 Å². The third kappa shape index (κ3) is 2.69. The maximum Gasteiger partial charge on any atom is 0.197 e. The van der Waals surface area contributed by atoms with Crippen molar-refractivity contribution in [2.75, 3.05) is 0 Å². The molecule has 0 unspecified atom stereocenters. The number of aryl methyl sites for hydroxylation is 1. The third-order valence-electron chi connectivity index (χ3n) is 3.72. The summed E-state index contributed by atoms with van der Waals surface area (Å²) in [5, 5.41) is 9.03. The molecule has 3 nitrogen and oxygen atoms in total. The lowest BCUT2D eigenvalue weighted by atomic mass is 9.94. The molecule has 0 aliphatic heterocycles. The largest absolute Gasteiger partial charge is 0.257 e. The SMILES string of the molecule is [C-]#[N+]c1cc(C#N)ccc1-c1nccc(C)c1-c1ccccc1. The lowest BCUT2D eigenvalue weighted by Gasteiger charge is -2.13. The van der Waals surface area contributed by atoms with E-state index >= 15 is 0 Å². The summed E-state index contributed by atoms with van der Waals surface area (Å²) in [6.07, 6.45) is 1.75. The zero-order valence-corrected chi connectivity index (χ0v) is 12.6. The Kier molecular flexibility index (Phi) is 3.87. The van der Waals surface area contributed by atoms with E-state index in [0.717, 1.165) is 27.9 Å². The maximum atomic E-state index is 9.03. The van der Waals surface area contributed by atoms with Crippen LogP contribution in [0.25, 0.3) is 27.2 Å². The Labute approximate surface area is 135 Å². The first-order chi connectivity index (χ1) is 11.2. The second-order valence-electron chi connectivity index (χ2n) is 5.17. The molecular weight excluding hydrogens is 282 g/mol. The van der Waals surface area contributed by atoms with Crippen molar-refractivity contribution >= 4 is 5.69 Å². The van der Waals surface area contributed by atoms with E-state index in [1.807, 2.05) is 43.3 Å². The molecule has 0 amide bonds. The van der Waals surface area contributed by atoms with Crippen molar-refractivity contribution in [3.8, 4) is 28.5 Å². The van der Waals surface area contributed by atoms with Crippen LogP contribution in [0.5, 0.6) is 0 Å². The predicted molar refractivity (Wildman–Crippen MR) is 90.8 cm³/mol. The number of hydrogen-bond donors (Lipinski definition) is 0. The van der Waals surface area contributed by atoms with Crippen LogP contribution in [0, 0.1) is 24.8 Å². The molecule has 1 aromatic heterocycles. The smallest absolute Gasteiger partial charge is 0.197 e. The van der Waals surface area contributed by atoms with Gasteiger partial charge in [-0.05, 0) is 36.2 Å². The molecule has 0 bridgehead atoms. The van der Waals surface area contributed by atoms with Crippen molar-refractivity contribution in [1.29, 1.82) is 5.26 Å². The number of pyridine rings is 1. The molecule has 3 heteroatoms. The Morgan fingerprint density at radius 1 is 1.09 bits per heavy atom.